The Morgan fingerprint density at radius 1 is 0.976 bits per heavy atom. The van der Waals surface area contributed by atoms with E-state index in [9.17, 15) is 35.1 Å². The van der Waals surface area contributed by atoms with Crippen molar-refractivity contribution in [1.29, 1.82) is 0 Å². The number of amides is 1. The maximum atomic E-state index is 11.9. The number of carbonyl (C=O) groups is 2. The number of benzene rings is 1. The van der Waals surface area contributed by atoms with E-state index in [1.165, 1.54) is 6.92 Å². The lowest BCUT2D eigenvalue weighted by molar-refractivity contribution is -0.347. The minimum atomic E-state index is -1.81. The summed E-state index contributed by atoms with van der Waals surface area (Å²) in [6.45, 7) is 0.359. The smallest absolute Gasteiger partial charge is 0.358 e. The Morgan fingerprint density at radius 3 is 2.33 bits per heavy atom. The molecule has 1 amide bonds. The highest BCUT2D eigenvalue weighted by Crippen LogP contribution is 2.30. The minimum absolute atomic E-state index is 0.00583. The van der Waals surface area contributed by atoms with E-state index >= 15 is 0 Å². The number of para-hydroxylation sites is 1. The highest BCUT2D eigenvalue weighted by molar-refractivity contribution is 5.84. The van der Waals surface area contributed by atoms with Gasteiger partial charge in [0, 0.05) is 6.92 Å². The molecule has 3 heterocycles. The number of carbonyl (C=O) groups excluding carboxylic acids is 1. The van der Waals surface area contributed by atoms with Gasteiger partial charge in [0.1, 0.15) is 61.1 Å². The number of nitrogens with one attached hydrogen (secondary N) is 1. The Hall–Kier alpha value is -3.26. The number of carboxylic acid groups (broad SMARTS) is 1. The molecule has 0 bridgehead atoms. The van der Waals surface area contributed by atoms with Crippen molar-refractivity contribution in [2.24, 2.45) is 0 Å². The van der Waals surface area contributed by atoms with Crippen molar-refractivity contribution >= 4 is 11.9 Å². The summed E-state index contributed by atoms with van der Waals surface area (Å²) in [5.41, 5.74) is -0.366. The first-order chi connectivity index (χ1) is 20.1. The minimum Gasteiger partial charge on any atom is -0.491 e. The quantitative estimate of drug-likeness (QED) is 0.119. The number of ether oxygens (including phenoxy) is 5. The van der Waals surface area contributed by atoms with Crippen LogP contribution in [0.2, 0.25) is 0 Å². The molecule has 0 radical (unpaired) electrons. The summed E-state index contributed by atoms with van der Waals surface area (Å²) in [5.74, 6) is -1.25. The van der Waals surface area contributed by atoms with Gasteiger partial charge in [-0.25, -0.2) is 9.48 Å². The summed E-state index contributed by atoms with van der Waals surface area (Å²) >= 11 is 0. The lowest BCUT2D eigenvalue weighted by Gasteiger charge is -2.47. The lowest BCUT2D eigenvalue weighted by Crippen LogP contribution is -2.67. The standard InChI is InChI=1S/C25H34N4O13/c1-12(31)26-17-19(33)22(16(11-30)41-24(17)39-8-7-38-13-5-3-2-4-6-13)42-25-21(35)20(34)18(32)15(40-25)10-29-9-14(23(36)37)27-28-29/h2-6,9,15-22,24-25,30,32-35H,7-8,10-11H2,1H3,(H,26,31)(H,36,37)/t15-,16-,17-,18+,19-,20+,21-,22?,24-,25+/m1/s1. The Kier molecular flexibility index (Phi) is 10.8. The van der Waals surface area contributed by atoms with Gasteiger partial charge in [-0.15, -0.1) is 5.10 Å². The molecule has 2 aromatic rings. The molecule has 0 aliphatic carbocycles. The molecule has 10 atom stereocenters. The molecule has 0 saturated carbocycles. The van der Waals surface area contributed by atoms with Crippen LogP contribution in [0.4, 0.5) is 0 Å². The topological polar surface area (TPSA) is 244 Å². The van der Waals surface area contributed by atoms with Crippen LogP contribution in [-0.2, 0) is 30.3 Å². The van der Waals surface area contributed by atoms with E-state index in [0.29, 0.717) is 5.75 Å². The fourth-order valence-corrected chi connectivity index (χ4v) is 4.61. The zero-order valence-electron chi connectivity index (χ0n) is 22.4. The number of hydrogen-bond acceptors (Lipinski definition) is 14. The number of rotatable bonds is 12. The predicted molar refractivity (Wildman–Crippen MR) is 136 cm³/mol. The van der Waals surface area contributed by atoms with Crippen molar-refractivity contribution in [2.45, 2.75) is 74.8 Å². The van der Waals surface area contributed by atoms with Crippen molar-refractivity contribution in [1.82, 2.24) is 20.3 Å². The molecular weight excluding hydrogens is 564 g/mol. The summed E-state index contributed by atoms with van der Waals surface area (Å²) in [6, 6.07) is 7.75. The van der Waals surface area contributed by atoms with E-state index in [-0.39, 0.29) is 25.5 Å². The van der Waals surface area contributed by atoms with Crippen molar-refractivity contribution in [3.05, 3.63) is 42.2 Å². The molecule has 17 nitrogen and oxygen atoms in total. The lowest BCUT2D eigenvalue weighted by atomic mass is 9.95. The van der Waals surface area contributed by atoms with Gasteiger partial charge in [0.05, 0.1) is 26.0 Å². The number of carboxylic acids is 1. The average molecular weight is 599 g/mol. The SMILES string of the molecule is CC(=O)N[C@H]1[C@H](OCCOc2ccccc2)O[C@H](CO)C(O[C@@H]2O[C@H](Cn3cc(C(=O)O)nn3)[C@H](O)[C@H](O)[C@H]2O)[C@@H]1O. The molecule has 232 valence electrons. The van der Waals surface area contributed by atoms with Gasteiger partial charge in [-0.3, -0.25) is 4.79 Å². The monoisotopic (exact) mass is 598 g/mol. The molecule has 1 unspecified atom stereocenters. The van der Waals surface area contributed by atoms with Crippen LogP contribution in [0, 0.1) is 0 Å². The summed E-state index contributed by atoms with van der Waals surface area (Å²) < 4.78 is 29.6. The highest BCUT2D eigenvalue weighted by Gasteiger charge is 2.51. The number of aliphatic hydroxyl groups excluding tert-OH is 5. The van der Waals surface area contributed by atoms with Gasteiger partial charge in [-0.1, -0.05) is 23.4 Å². The van der Waals surface area contributed by atoms with Gasteiger partial charge < -0.3 is 59.6 Å². The molecule has 2 aliphatic heterocycles. The van der Waals surface area contributed by atoms with E-state index in [0.717, 1.165) is 10.9 Å². The number of aromatic nitrogens is 3. The van der Waals surface area contributed by atoms with Crippen LogP contribution in [0.5, 0.6) is 5.75 Å². The van der Waals surface area contributed by atoms with Gasteiger partial charge >= 0.3 is 5.97 Å². The zero-order valence-corrected chi connectivity index (χ0v) is 22.4. The largest absolute Gasteiger partial charge is 0.491 e. The highest BCUT2D eigenvalue weighted by atomic mass is 16.7. The van der Waals surface area contributed by atoms with E-state index < -0.39 is 79.8 Å². The first-order valence-corrected chi connectivity index (χ1v) is 13.1. The second kappa shape index (κ2) is 14.3. The average Bonchev–Trinajstić information content (AvgIpc) is 3.44. The van der Waals surface area contributed by atoms with Gasteiger partial charge in [0.25, 0.3) is 0 Å². The van der Waals surface area contributed by atoms with E-state index in [4.69, 9.17) is 28.8 Å². The summed E-state index contributed by atoms with van der Waals surface area (Å²) in [6.07, 6.45) is -12.5. The molecule has 2 aliphatic rings. The fraction of sp³-hybridized carbons (Fsp3) is 0.600. The Bertz CT molecular complexity index is 1170. The van der Waals surface area contributed by atoms with E-state index in [1.807, 2.05) is 6.07 Å². The van der Waals surface area contributed by atoms with Crippen LogP contribution in [0.1, 0.15) is 17.4 Å². The fourth-order valence-electron chi connectivity index (χ4n) is 4.61. The summed E-state index contributed by atoms with van der Waals surface area (Å²) in [5, 5.41) is 71.4. The van der Waals surface area contributed by atoms with Crippen LogP contribution in [0.25, 0.3) is 0 Å². The maximum Gasteiger partial charge on any atom is 0.358 e. The van der Waals surface area contributed by atoms with Crippen LogP contribution in [0.3, 0.4) is 0 Å². The molecule has 7 N–H and O–H groups in total. The van der Waals surface area contributed by atoms with Gasteiger partial charge in [-0.05, 0) is 12.1 Å². The third kappa shape index (κ3) is 7.57. The maximum absolute atomic E-state index is 11.9. The Balaban J connectivity index is 1.43. The number of aliphatic hydroxyl groups is 5. The normalized spacial score (nSPS) is 33.2. The number of nitrogens with zero attached hydrogens (tertiary/aromatic N) is 3. The number of aromatic carboxylic acids is 1. The molecule has 17 heteroatoms. The molecule has 1 aromatic heterocycles. The van der Waals surface area contributed by atoms with E-state index in [2.05, 4.69) is 15.6 Å². The first kappa shape index (κ1) is 31.7. The first-order valence-electron chi connectivity index (χ1n) is 13.1. The van der Waals surface area contributed by atoms with Crippen molar-refractivity contribution in [3.63, 3.8) is 0 Å². The second-order valence-corrected chi connectivity index (χ2v) is 9.72. The zero-order chi connectivity index (χ0) is 30.4. The third-order valence-electron chi connectivity index (χ3n) is 6.68. The Morgan fingerprint density at radius 2 is 1.69 bits per heavy atom. The van der Waals surface area contributed by atoms with Crippen LogP contribution in [-0.4, -0.2) is 139 Å². The molecule has 1 aromatic carbocycles. The third-order valence-corrected chi connectivity index (χ3v) is 6.68. The van der Waals surface area contributed by atoms with Gasteiger partial charge in [0.2, 0.25) is 5.91 Å². The van der Waals surface area contributed by atoms with Crippen LogP contribution < -0.4 is 10.1 Å². The van der Waals surface area contributed by atoms with Crippen molar-refractivity contribution < 1.29 is 63.9 Å². The van der Waals surface area contributed by atoms with Crippen LogP contribution >= 0.6 is 0 Å². The molecule has 42 heavy (non-hydrogen) atoms. The molecular formula is C25H34N4O13. The molecule has 2 fully saturated rings. The van der Waals surface area contributed by atoms with E-state index in [1.54, 1.807) is 24.3 Å². The summed E-state index contributed by atoms with van der Waals surface area (Å²) in [4.78, 5) is 23.0. The van der Waals surface area contributed by atoms with Gasteiger partial charge in [0.15, 0.2) is 18.3 Å². The van der Waals surface area contributed by atoms with Gasteiger partial charge in [-0.2, -0.15) is 0 Å². The summed E-state index contributed by atoms with van der Waals surface area (Å²) in [7, 11) is 0. The Labute approximate surface area is 239 Å². The molecule has 4 rings (SSSR count). The van der Waals surface area contributed by atoms with Crippen molar-refractivity contribution in [3.8, 4) is 5.75 Å². The number of hydrogen-bond donors (Lipinski definition) is 7. The second-order valence-electron chi connectivity index (χ2n) is 9.72. The van der Waals surface area contributed by atoms with Crippen molar-refractivity contribution in [2.75, 3.05) is 19.8 Å². The van der Waals surface area contributed by atoms with Crippen LogP contribution in [0.15, 0.2) is 36.5 Å². The molecule has 0 spiro atoms. The predicted octanol–water partition coefficient (Wildman–Crippen LogP) is -3.15. The molecule has 2 saturated heterocycles.